The molecule has 0 bridgehead atoms. The minimum atomic E-state index is -0.550. The van der Waals surface area contributed by atoms with Crippen LogP contribution in [0.3, 0.4) is 0 Å². The first-order valence-corrected chi connectivity index (χ1v) is 14.6. The third-order valence-corrected chi connectivity index (χ3v) is 8.08. The Morgan fingerprint density at radius 1 is 1.00 bits per heavy atom. The topological polar surface area (TPSA) is 70.2 Å². The van der Waals surface area contributed by atoms with E-state index in [0.717, 1.165) is 56.3 Å². The standard InChI is InChI=1S/C34H45N3O2.Mn/c1-22(2)8-6-10-25-12-15-27(16-13-25)24(5)18-31-33(38)37-32(34(39)36-31)20-28-21-35-30-19-26(14-17-29(28)30)11-7-9-23(3)4;/h8-9,12,14,17,19,24,28,31-32,35H,5-7,10-11,13,16,18,20-21H2,1-4H3,(H,36,39)(H,37,38);/q-2;+2. The maximum Gasteiger partial charge on any atom is 2.00 e. The number of hydrogen-bond donors (Lipinski definition) is 3. The van der Waals surface area contributed by atoms with Crippen LogP contribution in [-0.2, 0) is 33.1 Å². The Morgan fingerprint density at radius 2 is 1.68 bits per heavy atom. The van der Waals surface area contributed by atoms with Gasteiger partial charge in [0.05, 0.1) is 0 Å². The van der Waals surface area contributed by atoms with Gasteiger partial charge in [-0.3, -0.25) is 15.7 Å². The molecule has 3 N–H and O–H groups in total. The summed E-state index contributed by atoms with van der Waals surface area (Å²) in [6.45, 7) is 13.6. The summed E-state index contributed by atoms with van der Waals surface area (Å²) in [6.07, 6.45) is 17.3. The molecule has 1 aromatic rings. The number of rotatable bonds is 11. The Balaban J connectivity index is 0.00000441. The van der Waals surface area contributed by atoms with Crippen molar-refractivity contribution in [1.29, 1.82) is 0 Å². The van der Waals surface area contributed by atoms with Gasteiger partial charge >= 0.3 is 17.1 Å². The van der Waals surface area contributed by atoms with Crippen molar-refractivity contribution in [3.05, 3.63) is 82.8 Å². The van der Waals surface area contributed by atoms with Gasteiger partial charge in [-0.25, -0.2) is 11.6 Å². The summed E-state index contributed by atoms with van der Waals surface area (Å²) >= 11 is 0. The van der Waals surface area contributed by atoms with E-state index in [1.165, 1.54) is 27.8 Å². The molecule has 2 heterocycles. The number of carbonyl (C=O) groups is 2. The van der Waals surface area contributed by atoms with Crippen LogP contribution in [0.2, 0.25) is 0 Å². The largest absolute Gasteiger partial charge is 2.00 e. The van der Waals surface area contributed by atoms with Gasteiger partial charge in [0.25, 0.3) is 0 Å². The van der Waals surface area contributed by atoms with Crippen LogP contribution in [0.5, 0.6) is 0 Å². The van der Waals surface area contributed by atoms with E-state index < -0.39 is 12.1 Å². The molecule has 0 spiro atoms. The molecule has 5 nitrogen and oxygen atoms in total. The first-order valence-electron chi connectivity index (χ1n) is 14.6. The molecule has 4 rings (SSSR count). The second-order valence-corrected chi connectivity index (χ2v) is 11.9. The average molecular weight is 583 g/mol. The summed E-state index contributed by atoms with van der Waals surface area (Å²) in [7, 11) is 0. The maximum atomic E-state index is 13.0. The summed E-state index contributed by atoms with van der Waals surface area (Å²) in [6, 6.07) is 5.55. The van der Waals surface area contributed by atoms with Crippen molar-refractivity contribution in [3.63, 3.8) is 0 Å². The number of fused-ring (bicyclic) bond motifs is 1. The third kappa shape index (κ3) is 8.72. The number of hydrogen-bond acceptors (Lipinski definition) is 3. The zero-order valence-electron chi connectivity index (χ0n) is 24.5. The first-order chi connectivity index (χ1) is 18.7. The van der Waals surface area contributed by atoms with Crippen molar-refractivity contribution in [3.8, 4) is 0 Å². The molecule has 2 amide bonds. The van der Waals surface area contributed by atoms with E-state index in [0.29, 0.717) is 12.8 Å². The van der Waals surface area contributed by atoms with Crippen molar-refractivity contribution >= 4 is 17.5 Å². The zero-order chi connectivity index (χ0) is 27.9. The van der Waals surface area contributed by atoms with Crippen LogP contribution in [0.4, 0.5) is 5.69 Å². The van der Waals surface area contributed by atoms with E-state index in [1.54, 1.807) is 0 Å². The van der Waals surface area contributed by atoms with Gasteiger partial charge in [0, 0.05) is 18.2 Å². The fraction of sp³-hybridized carbons (Fsp3) is 0.500. The van der Waals surface area contributed by atoms with Crippen LogP contribution in [-0.4, -0.2) is 30.4 Å². The van der Waals surface area contributed by atoms with E-state index in [9.17, 15) is 9.59 Å². The SMILES string of the molecule is [CH2-]C(CC1NC(=O)C(CC2CNc3cc(CCC=C(C)C)ccc32)NC1=O)C1=[C-]C=C(CCC=C(C)C)CC1.[Mn+2]. The van der Waals surface area contributed by atoms with Crippen molar-refractivity contribution < 1.29 is 26.7 Å². The van der Waals surface area contributed by atoms with Gasteiger partial charge in [-0.15, -0.1) is 0 Å². The predicted octanol–water partition coefficient (Wildman–Crippen LogP) is 6.50. The number of anilines is 1. The van der Waals surface area contributed by atoms with Crippen LogP contribution in [0.25, 0.3) is 0 Å². The summed E-state index contributed by atoms with van der Waals surface area (Å²) in [5, 5.41) is 9.51. The van der Waals surface area contributed by atoms with Crippen LogP contribution >= 0.6 is 0 Å². The molecule has 1 saturated heterocycles. The number of carbonyl (C=O) groups excluding carboxylic acids is 2. The van der Waals surface area contributed by atoms with Crippen LogP contribution < -0.4 is 16.0 Å². The third-order valence-electron chi connectivity index (χ3n) is 8.08. The molecular formula is C34H45MnN3O2. The molecule has 4 atom stereocenters. The minimum absolute atomic E-state index is 0. The second-order valence-electron chi connectivity index (χ2n) is 11.9. The van der Waals surface area contributed by atoms with Crippen molar-refractivity contribution in [2.24, 2.45) is 5.92 Å². The molecular weight excluding hydrogens is 537 g/mol. The van der Waals surface area contributed by atoms with Gasteiger partial charge in [0.15, 0.2) is 0 Å². The number of piperazine rings is 1. The van der Waals surface area contributed by atoms with Gasteiger partial charge in [0.1, 0.15) is 12.1 Å². The summed E-state index contributed by atoms with van der Waals surface area (Å²) in [4.78, 5) is 26.0. The Kier molecular flexibility index (Phi) is 11.9. The molecule has 40 heavy (non-hydrogen) atoms. The molecule has 1 radical (unpaired) electrons. The summed E-state index contributed by atoms with van der Waals surface area (Å²) in [5.74, 6) is -0.0604. The molecule has 215 valence electrons. The zero-order valence-corrected chi connectivity index (χ0v) is 25.7. The fourth-order valence-corrected chi connectivity index (χ4v) is 5.77. The number of allylic oxidation sites excluding steroid dienone is 8. The van der Waals surface area contributed by atoms with Crippen molar-refractivity contribution in [2.75, 3.05) is 11.9 Å². The van der Waals surface area contributed by atoms with Gasteiger partial charge in [0.2, 0.25) is 11.8 Å². The van der Waals surface area contributed by atoms with Crippen molar-refractivity contribution in [2.45, 2.75) is 97.1 Å². The molecule has 3 aliphatic rings. The monoisotopic (exact) mass is 582 g/mol. The number of aryl methyl sites for hydroxylation is 1. The number of benzene rings is 1. The van der Waals surface area contributed by atoms with E-state index in [-0.39, 0.29) is 40.7 Å². The van der Waals surface area contributed by atoms with E-state index in [2.05, 4.69) is 93.1 Å². The first kappa shape index (κ1) is 32.0. The summed E-state index contributed by atoms with van der Waals surface area (Å²) in [5.41, 5.74) is 8.95. The van der Waals surface area contributed by atoms with Crippen LogP contribution in [0.15, 0.2) is 58.7 Å². The predicted molar refractivity (Wildman–Crippen MR) is 160 cm³/mol. The fourth-order valence-electron chi connectivity index (χ4n) is 5.77. The molecule has 1 aliphatic carbocycles. The smallest absolute Gasteiger partial charge is 0.384 e. The van der Waals surface area contributed by atoms with Crippen LogP contribution in [0, 0.1) is 18.9 Å². The van der Waals surface area contributed by atoms with Gasteiger partial charge in [-0.05, 0) is 77.0 Å². The minimum Gasteiger partial charge on any atom is -0.384 e. The van der Waals surface area contributed by atoms with E-state index >= 15 is 0 Å². The van der Waals surface area contributed by atoms with Gasteiger partial charge in [-0.1, -0.05) is 54.7 Å². The molecule has 4 unspecified atom stereocenters. The van der Waals surface area contributed by atoms with E-state index in [4.69, 9.17) is 0 Å². The Hall–Kier alpha value is -2.56. The number of nitrogens with one attached hydrogen (secondary N) is 3. The van der Waals surface area contributed by atoms with E-state index in [1.807, 2.05) is 0 Å². The second kappa shape index (κ2) is 14.9. The van der Waals surface area contributed by atoms with Crippen molar-refractivity contribution in [1.82, 2.24) is 10.6 Å². The maximum absolute atomic E-state index is 13.0. The normalized spacial score (nSPS) is 22.4. The Labute approximate surface area is 251 Å². The summed E-state index contributed by atoms with van der Waals surface area (Å²) < 4.78 is 0. The average Bonchev–Trinajstić information content (AvgIpc) is 3.28. The molecule has 1 fully saturated rings. The Bertz CT molecular complexity index is 1190. The van der Waals surface area contributed by atoms with Gasteiger partial charge < -0.3 is 22.9 Å². The molecule has 0 aromatic heterocycles. The molecule has 2 aliphatic heterocycles. The quantitative estimate of drug-likeness (QED) is 0.159. The molecule has 0 saturated carbocycles. The van der Waals surface area contributed by atoms with Gasteiger partial charge in [-0.2, -0.15) is 11.5 Å². The number of amides is 2. The molecule has 1 aromatic carbocycles. The van der Waals surface area contributed by atoms with Crippen LogP contribution in [0.1, 0.15) is 89.7 Å². The molecule has 6 heteroatoms. The Morgan fingerprint density at radius 3 is 2.35 bits per heavy atom.